The van der Waals surface area contributed by atoms with Crippen LogP contribution >= 0.6 is 31.9 Å². The molecule has 100 valence electrons. The molecule has 0 heterocycles. The molecule has 0 aromatic carbocycles. The quantitative estimate of drug-likeness (QED) is 0.532. The molecule has 2 heteroatoms. The average molecular weight is 366 g/mol. The lowest BCUT2D eigenvalue weighted by molar-refractivity contribution is 0.0614. The van der Waals surface area contributed by atoms with Gasteiger partial charge in [0, 0.05) is 9.65 Å². The molecule has 2 saturated carbocycles. The summed E-state index contributed by atoms with van der Waals surface area (Å²) in [4.78, 5) is 1.60. The van der Waals surface area contributed by atoms with E-state index in [9.17, 15) is 0 Å². The van der Waals surface area contributed by atoms with E-state index >= 15 is 0 Å². The van der Waals surface area contributed by atoms with Crippen LogP contribution in [-0.2, 0) is 0 Å². The summed E-state index contributed by atoms with van der Waals surface area (Å²) < 4.78 is 0. The van der Waals surface area contributed by atoms with Gasteiger partial charge in [-0.2, -0.15) is 0 Å². The summed E-state index contributed by atoms with van der Waals surface area (Å²) in [5.41, 5.74) is 0.570. The van der Waals surface area contributed by atoms with Gasteiger partial charge in [-0.25, -0.2) is 0 Å². The van der Waals surface area contributed by atoms with Crippen LogP contribution in [-0.4, -0.2) is 9.65 Å². The Morgan fingerprint density at radius 2 is 0.941 bits per heavy atom. The van der Waals surface area contributed by atoms with Gasteiger partial charge in [0.05, 0.1) is 0 Å². The molecule has 0 unspecified atom stereocenters. The van der Waals surface area contributed by atoms with Crippen molar-refractivity contribution in [2.24, 2.45) is 17.3 Å². The maximum atomic E-state index is 3.78. The molecule has 2 aliphatic carbocycles. The van der Waals surface area contributed by atoms with Crippen LogP contribution in [0.2, 0.25) is 0 Å². The van der Waals surface area contributed by atoms with Crippen LogP contribution in [0.1, 0.15) is 65.2 Å². The van der Waals surface area contributed by atoms with Crippen LogP contribution in [0.4, 0.5) is 0 Å². The van der Waals surface area contributed by atoms with E-state index in [2.05, 4.69) is 45.7 Å². The van der Waals surface area contributed by atoms with Crippen molar-refractivity contribution in [3.05, 3.63) is 0 Å². The lowest BCUT2D eigenvalue weighted by atomic mass is 9.61. The summed E-state index contributed by atoms with van der Waals surface area (Å²) in [5, 5.41) is 0. The Morgan fingerprint density at radius 1 is 0.647 bits per heavy atom. The van der Waals surface area contributed by atoms with Crippen molar-refractivity contribution >= 4 is 31.9 Å². The SMILES string of the molecule is CC(C)(C1CCC(Br)CC1)C1CCC(Br)CC1. The fraction of sp³-hybridized carbons (Fsp3) is 1.00. The Labute approximate surface area is 124 Å². The van der Waals surface area contributed by atoms with E-state index in [0.29, 0.717) is 5.41 Å². The van der Waals surface area contributed by atoms with Gasteiger partial charge in [-0.1, -0.05) is 45.7 Å². The lowest BCUT2D eigenvalue weighted by Gasteiger charge is -2.46. The monoisotopic (exact) mass is 364 g/mol. The predicted octanol–water partition coefficient (Wildman–Crippen LogP) is 5.92. The molecular weight excluding hydrogens is 340 g/mol. The fourth-order valence-electron chi connectivity index (χ4n) is 3.93. The van der Waals surface area contributed by atoms with Gasteiger partial charge in [-0.05, 0) is 68.6 Å². The van der Waals surface area contributed by atoms with E-state index in [1.165, 1.54) is 51.4 Å². The predicted molar refractivity (Wildman–Crippen MR) is 83.1 cm³/mol. The zero-order valence-electron chi connectivity index (χ0n) is 11.2. The Balaban J connectivity index is 1.93. The molecule has 2 rings (SSSR count). The molecule has 17 heavy (non-hydrogen) atoms. The highest BCUT2D eigenvalue weighted by molar-refractivity contribution is 9.09. The Morgan fingerprint density at radius 3 is 1.24 bits per heavy atom. The van der Waals surface area contributed by atoms with Crippen LogP contribution in [0.3, 0.4) is 0 Å². The molecule has 0 atom stereocenters. The Kier molecular flexibility index (Phi) is 5.02. The number of hydrogen-bond donors (Lipinski definition) is 0. The second kappa shape index (κ2) is 5.94. The third kappa shape index (κ3) is 3.49. The fourth-order valence-corrected chi connectivity index (χ4v) is 4.98. The second-order valence-electron chi connectivity index (χ2n) is 6.72. The molecular formula is C15H26Br2. The smallest absolute Gasteiger partial charge is 0.0146 e. The number of hydrogen-bond acceptors (Lipinski definition) is 0. The minimum absolute atomic E-state index is 0.570. The third-order valence-corrected chi connectivity index (χ3v) is 7.25. The number of alkyl halides is 2. The lowest BCUT2D eigenvalue weighted by Crippen LogP contribution is -2.37. The topological polar surface area (TPSA) is 0 Å². The third-order valence-electron chi connectivity index (χ3n) is 5.42. The van der Waals surface area contributed by atoms with E-state index in [1.54, 1.807) is 0 Å². The van der Waals surface area contributed by atoms with E-state index in [0.717, 1.165) is 21.5 Å². The van der Waals surface area contributed by atoms with Gasteiger partial charge in [-0.3, -0.25) is 0 Å². The minimum Gasteiger partial charge on any atom is -0.0891 e. The molecule has 0 bridgehead atoms. The molecule has 0 spiro atoms. The zero-order chi connectivity index (χ0) is 12.5. The summed E-state index contributed by atoms with van der Waals surface area (Å²) in [6, 6.07) is 0. The van der Waals surface area contributed by atoms with Crippen molar-refractivity contribution in [2.75, 3.05) is 0 Å². The van der Waals surface area contributed by atoms with Crippen LogP contribution in [0, 0.1) is 17.3 Å². The normalized spacial score (nSPS) is 40.2. The first-order valence-corrected chi connectivity index (χ1v) is 9.11. The summed E-state index contributed by atoms with van der Waals surface area (Å²) in [6.07, 6.45) is 11.3. The van der Waals surface area contributed by atoms with Gasteiger partial charge < -0.3 is 0 Å². The largest absolute Gasteiger partial charge is 0.0891 e. The van der Waals surface area contributed by atoms with Gasteiger partial charge in [0.1, 0.15) is 0 Å². The second-order valence-corrected chi connectivity index (χ2v) is 9.31. The molecule has 0 N–H and O–H groups in total. The Bertz CT molecular complexity index is 209. The van der Waals surface area contributed by atoms with Gasteiger partial charge >= 0.3 is 0 Å². The first-order chi connectivity index (χ1) is 8.00. The van der Waals surface area contributed by atoms with Crippen LogP contribution in [0.25, 0.3) is 0 Å². The van der Waals surface area contributed by atoms with Crippen molar-refractivity contribution < 1.29 is 0 Å². The van der Waals surface area contributed by atoms with Crippen LogP contribution in [0.15, 0.2) is 0 Å². The highest BCUT2D eigenvalue weighted by atomic mass is 79.9. The van der Waals surface area contributed by atoms with Crippen LogP contribution < -0.4 is 0 Å². The maximum Gasteiger partial charge on any atom is 0.0146 e. The van der Waals surface area contributed by atoms with E-state index in [4.69, 9.17) is 0 Å². The Hall–Kier alpha value is 0.960. The summed E-state index contributed by atoms with van der Waals surface area (Å²) in [6.45, 7) is 5.09. The summed E-state index contributed by atoms with van der Waals surface area (Å²) in [5.74, 6) is 1.93. The summed E-state index contributed by atoms with van der Waals surface area (Å²) in [7, 11) is 0. The highest BCUT2D eigenvalue weighted by Crippen LogP contribution is 2.49. The molecule has 0 aromatic rings. The molecule has 0 saturated heterocycles. The molecule has 0 amide bonds. The summed E-state index contributed by atoms with van der Waals surface area (Å²) >= 11 is 7.56. The van der Waals surface area contributed by atoms with Crippen molar-refractivity contribution in [1.82, 2.24) is 0 Å². The van der Waals surface area contributed by atoms with Gasteiger partial charge in [0.15, 0.2) is 0 Å². The van der Waals surface area contributed by atoms with E-state index < -0.39 is 0 Å². The first-order valence-electron chi connectivity index (χ1n) is 7.28. The number of rotatable bonds is 2. The van der Waals surface area contributed by atoms with E-state index in [-0.39, 0.29) is 0 Å². The molecule has 0 aliphatic heterocycles. The number of halogens is 2. The first kappa shape index (κ1) is 14.4. The van der Waals surface area contributed by atoms with E-state index in [1.807, 2.05) is 0 Å². The zero-order valence-corrected chi connectivity index (χ0v) is 14.4. The molecule has 2 aliphatic rings. The van der Waals surface area contributed by atoms with Crippen molar-refractivity contribution in [1.29, 1.82) is 0 Å². The standard InChI is InChI=1S/C15H26Br2/c1-15(2,11-3-7-13(16)8-4-11)12-5-9-14(17)10-6-12/h11-14H,3-10H2,1-2H3. The van der Waals surface area contributed by atoms with Gasteiger partial charge in [-0.15, -0.1) is 0 Å². The van der Waals surface area contributed by atoms with Crippen molar-refractivity contribution in [2.45, 2.75) is 74.9 Å². The highest BCUT2D eigenvalue weighted by Gasteiger charge is 2.39. The molecule has 2 fully saturated rings. The van der Waals surface area contributed by atoms with Crippen molar-refractivity contribution in [3.63, 3.8) is 0 Å². The molecule has 0 aromatic heterocycles. The van der Waals surface area contributed by atoms with Gasteiger partial charge in [0.2, 0.25) is 0 Å². The molecule has 0 radical (unpaired) electrons. The molecule has 0 nitrogen and oxygen atoms in total. The van der Waals surface area contributed by atoms with Crippen molar-refractivity contribution in [3.8, 4) is 0 Å². The minimum atomic E-state index is 0.570. The van der Waals surface area contributed by atoms with Gasteiger partial charge in [0.25, 0.3) is 0 Å². The average Bonchev–Trinajstić information content (AvgIpc) is 2.30. The maximum absolute atomic E-state index is 3.78. The van der Waals surface area contributed by atoms with Crippen LogP contribution in [0.5, 0.6) is 0 Å².